The number of alkyl halides is 3. The van der Waals surface area contributed by atoms with E-state index in [-0.39, 0.29) is 11.2 Å². The summed E-state index contributed by atoms with van der Waals surface area (Å²) in [5.74, 6) is -2.12. The Morgan fingerprint density at radius 2 is 2.06 bits per heavy atom. The summed E-state index contributed by atoms with van der Waals surface area (Å²) >= 11 is 5.59. The average Bonchev–Trinajstić information content (AvgIpc) is 2.67. The van der Waals surface area contributed by atoms with Gasteiger partial charge in [-0.05, 0) is 18.1 Å². The number of aromatic nitrogens is 3. The molecule has 17 heavy (non-hydrogen) atoms. The first kappa shape index (κ1) is 12.1. The van der Waals surface area contributed by atoms with Crippen molar-refractivity contribution in [1.82, 2.24) is 14.6 Å². The quantitative estimate of drug-likeness (QED) is 0.587. The van der Waals surface area contributed by atoms with Gasteiger partial charge in [0.1, 0.15) is 0 Å². The molecular formula is C9H6ClF4N3. The molecule has 0 aliphatic carbocycles. The molecule has 0 unspecified atom stereocenters. The molecule has 0 atom stereocenters. The first-order chi connectivity index (χ1) is 7.84. The minimum absolute atomic E-state index is 0.124. The van der Waals surface area contributed by atoms with Gasteiger partial charge in [0.2, 0.25) is 0 Å². The second-order valence-electron chi connectivity index (χ2n) is 3.33. The van der Waals surface area contributed by atoms with Crippen LogP contribution in [0.2, 0.25) is 5.15 Å². The van der Waals surface area contributed by atoms with Gasteiger partial charge in [0, 0.05) is 0 Å². The van der Waals surface area contributed by atoms with Crippen molar-refractivity contribution in [3.63, 3.8) is 0 Å². The highest BCUT2D eigenvalue weighted by molar-refractivity contribution is 6.29. The van der Waals surface area contributed by atoms with Crippen LogP contribution in [0.4, 0.5) is 17.6 Å². The molecule has 0 fully saturated rings. The van der Waals surface area contributed by atoms with E-state index in [4.69, 9.17) is 11.6 Å². The summed E-state index contributed by atoms with van der Waals surface area (Å²) in [5, 5.41) is 2.63. The second kappa shape index (κ2) is 3.83. The van der Waals surface area contributed by atoms with Crippen molar-refractivity contribution in [3.8, 4) is 0 Å². The van der Waals surface area contributed by atoms with Gasteiger partial charge < -0.3 is 0 Å². The van der Waals surface area contributed by atoms with Gasteiger partial charge in [0.15, 0.2) is 16.6 Å². The number of fused-ring (bicyclic) bond motifs is 1. The van der Waals surface area contributed by atoms with Crippen LogP contribution in [0.15, 0.2) is 6.07 Å². The predicted octanol–water partition coefficient (Wildman–Crippen LogP) is 3.10. The van der Waals surface area contributed by atoms with Crippen LogP contribution < -0.4 is 0 Å². The fourth-order valence-electron chi connectivity index (χ4n) is 1.38. The number of halogens is 5. The number of pyridine rings is 1. The molecule has 2 aromatic rings. The lowest BCUT2D eigenvalue weighted by molar-refractivity contribution is -0.144. The third-order valence-corrected chi connectivity index (χ3v) is 2.54. The van der Waals surface area contributed by atoms with E-state index in [0.717, 1.165) is 0 Å². The normalized spacial score (nSPS) is 12.4. The summed E-state index contributed by atoms with van der Waals surface area (Å²) in [6.07, 6.45) is -4.38. The van der Waals surface area contributed by atoms with Gasteiger partial charge in [-0.25, -0.2) is 9.37 Å². The van der Waals surface area contributed by atoms with Crippen molar-refractivity contribution in [3.05, 3.63) is 28.4 Å². The zero-order chi connectivity index (χ0) is 12.8. The van der Waals surface area contributed by atoms with E-state index >= 15 is 0 Å². The Hall–Kier alpha value is -1.37. The Morgan fingerprint density at radius 1 is 1.41 bits per heavy atom. The van der Waals surface area contributed by atoms with E-state index in [2.05, 4.69) is 10.1 Å². The summed E-state index contributed by atoms with van der Waals surface area (Å²) in [4.78, 5) is 3.27. The summed E-state index contributed by atoms with van der Waals surface area (Å²) in [6.45, 7) is 1.66. The first-order valence-electron chi connectivity index (χ1n) is 4.65. The Bertz CT molecular complexity index is 576. The smallest absolute Gasteiger partial charge is 0.203 e. The molecule has 0 N–H and O–H groups in total. The molecule has 0 spiro atoms. The molecule has 0 aromatic carbocycles. The number of rotatable bonds is 1. The molecule has 0 radical (unpaired) electrons. The molecule has 0 saturated carbocycles. The lowest BCUT2D eigenvalue weighted by atomic mass is 10.2. The maximum absolute atomic E-state index is 13.5. The van der Waals surface area contributed by atoms with Crippen LogP contribution >= 0.6 is 11.6 Å². The SMILES string of the molecule is CCc1cc2nc(C(F)(F)F)nn2c(Cl)c1F. The number of aryl methyl sites for hydroxylation is 1. The highest BCUT2D eigenvalue weighted by atomic mass is 35.5. The Morgan fingerprint density at radius 3 is 2.59 bits per heavy atom. The predicted molar refractivity (Wildman–Crippen MR) is 52.3 cm³/mol. The maximum Gasteiger partial charge on any atom is 0.453 e. The van der Waals surface area contributed by atoms with Crippen LogP contribution in [0.25, 0.3) is 5.65 Å². The van der Waals surface area contributed by atoms with E-state index in [0.29, 0.717) is 10.9 Å². The maximum atomic E-state index is 13.5. The molecule has 0 saturated heterocycles. The summed E-state index contributed by atoms with van der Waals surface area (Å²) in [6, 6.07) is 1.20. The highest BCUT2D eigenvalue weighted by Gasteiger charge is 2.36. The van der Waals surface area contributed by atoms with Gasteiger partial charge >= 0.3 is 6.18 Å². The van der Waals surface area contributed by atoms with Crippen molar-refractivity contribution in [2.24, 2.45) is 0 Å². The van der Waals surface area contributed by atoms with Gasteiger partial charge in [0.05, 0.1) is 0 Å². The van der Waals surface area contributed by atoms with Gasteiger partial charge in [-0.2, -0.15) is 17.7 Å². The number of nitrogens with zero attached hydrogens (tertiary/aromatic N) is 3. The molecule has 0 amide bonds. The molecular weight excluding hydrogens is 262 g/mol. The van der Waals surface area contributed by atoms with Crippen molar-refractivity contribution in [1.29, 1.82) is 0 Å². The molecule has 2 heterocycles. The average molecular weight is 268 g/mol. The lowest BCUT2D eigenvalue weighted by Crippen LogP contribution is -2.07. The van der Waals surface area contributed by atoms with Crippen molar-refractivity contribution >= 4 is 17.2 Å². The molecule has 2 aromatic heterocycles. The topological polar surface area (TPSA) is 30.2 Å². The molecule has 2 rings (SSSR count). The fraction of sp³-hybridized carbons (Fsp3) is 0.333. The zero-order valence-corrected chi connectivity index (χ0v) is 9.27. The monoisotopic (exact) mass is 267 g/mol. The van der Waals surface area contributed by atoms with Crippen LogP contribution in [-0.2, 0) is 12.6 Å². The number of hydrogen-bond donors (Lipinski definition) is 0. The zero-order valence-electron chi connectivity index (χ0n) is 8.52. The van der Waals surface area contributed by atoms with Gasteiger partial charge in [-0.15, -0.1) is 5.10 Å². The molecule has 92 valence electrons. The molecule has 8 heteroatoms. The van der Waals surface area contributed by atoms with Gasteiger partial charge in [-0.1, -0.05) is 18.5 Å². The third-order valence-electron chi connectivity index (χ3n) is 2.22. The van der Waals surface area contributed by atoms with Crippen LogP contribution in [0, 0.1) is 5.82 Å². The van der Waals surface area contributed by atoms with Crippen molar-refractivity contribution < 1.29 is 17.6 Å². The van der Waals surface area contributed by atoms with Gasteiger partial charge in [-0.3, -0.25) is 0 Å². The standard InChI is InChI=1S/C9H6ClF4N3/c1-2-4-3-5-15-8(9(12,13)14)16-17(5)7(10)6(4)11/h3H,2H2,1H3. The van der Waals surface area contributed by atoms with E-state index in [1.54, 1.807) is 6.92 Å². The highest BCUT2D eigenvalue weighted by Crippen LogP contribution is 2.28. The molecule has 0 bridgehead atoms. The van der Waals surface area contributed by atoms with Crippen LogP contribution in [-0.4, -0.2) is 14.6 Å². The minimum Gasteiger partial charge on any atom is -0.203 e. The van der Waals surface area contributed by atoms with E-state index in [1.165, 1.54) is 6.07 Å². The summed E-state index contributed by atoms with van der Waals surface area (Å²) < 4.78 is 51.3. The summed E-state index contributed by atoms with van der Waals surface area (Å²) in [5.41, 5.74) is 0.0733. The Kier molecular flexibility index (Phi) is 2.73. The molecule has 0 aliphatic heterocycles. The largest absolute Gasteiger partial charge is 0.453 e. The first-order valence-corrected chi connectivity index (χ1v) is 5.03. The minimum atomic E-state index is -4.68. The third kappa shape index (κ3) is 1.95. The van der Waals surface area contributed by atoms with Crippen LogP contribution in [0.5, 0.6) is 0 Å². The number of hydrogen-bond acceptors (Lipinski definition) is 2. The Labute approximate surface area is 98.0 Å². The van der Waals surface area contributed by atoms with E-state index in [1.807, 2.05) is 0 Å². The van der Waals surface area contributed by atoms with Crippen LogP contribution in [0.3, 0.4) is 0 Å². The van der Waals surface area contributed by atoms with Crippen LogP contribution in [0.1, 0.15) is 18.3 Å². The summed E-state index contributed by atoms with van der Waals surface area (Å²) in [7, 11) is 0. The van der Waals surface area contributed by atoms with Gasteiger partial charge in [0.25, 0.3) is 5.82 Å². The lowest BCUT2D eigenvalue weighted by Gasteiger charge is -2.02. The van der Waals surface area contributed by atoms with E-state index in [9.17, 15) is 17.6 Å². The molecule has 3 nitrogen and oxygen atoms in total. The second-order valence-corrected chi connectivity index (χ2v) is 3.69. The van der Waals surface area contributed by atoms with E-state index < -0.39 is 23.0 Å². The fourth-order valence-corrected chi connectivity index (χ4v) is 1.63. The molecule has 0 aliphatic rings. The Balaban J connectivity index is 2.74. The van der Waals surface area contributed by atoms with Crippen molar-refractivity contribution in [2.45, 2.75) is 19.5 Å². The van der Waals surface area contributed by atoms with Crippen molar-refractivity contribution in [2.75, 3.05) is 0 Å².